The summed E-state index contributed by atoms with van der Waals surface area (Å²) in [6.45, 7) is 1.84. The number of hydrogen-bond donors (Lipinski definition) is 3. The smallest absolute Gasteiger partial charge is 0.407 e. The molecule has 0 radical (unpaired) electrons. The van der Waals surface area contributed by atoms with Gasteiger partial charge in [0.2, 0.25) is 5.91 Å². The van der Waals surface area contributed by atoms with Gasteiger partial charge in [0, 0.05) is 12.5 Å². The van der Waals surface area contributed by atoms with Crippen LogP contribution in [0.3, 0.4) is 0 Å². The van der Waals surface area contributed by atoms with Gasteiger partial charge in [-0.1, -0.05) is 55.5 Å². The highest BCUT2D eigenvalue weighted by molar-refractivity contribution is 5.88. The third-order valence-corrected chi connectivity index (χ3v) is 5.91. The number of esters is 1. The van der Waals surface area contributed by atoms with Crippen molar-refractivity contribution in [3.05, 3.63) is 59.7 Å². The maximum Gasteiger partial charge on any atom is 0.407 e. The normalized spacial score (nSPS) is 13.7. The minimum atomic E-state index is -1.41. The van der Waals surface area contributed by atoms with Crippen LogP contribution in [0.1, 0.15) is 36.8 Å². The third kappa shape index (κ3) is 5.72. The minimum Gasteiger partial charge on any atom is -0.480 e. The molecule has 2 atom stereocenters. The second-order valence-electron chi connectivity index (χ2n) is 7.99. The Morgan fingerprint density at radius 2 is 1.59 bits per heavy atom. The number of hydrogen-bond acceptors (Lipinski definition) is 6. The molecule has 0 heterocycles. The van der Waals surface area contributed by atoms with Crippen LogP contribution in [0, 0.1) is 5.92 Å². The van der Waals surface area contributed by atoms with Gasteiger partial charge in [0.1, 0.15) is 12.6 Å². The number of fused-ring (bicyclic) bond motifs is 3. The summed E-state index contributed by atoms with van der Waals surface area (Å²) in [5.74, 6) is -3.47. The number of amides is 2. The number of alkyl carbamates (subject to hydrolysis) is 1. The number of rotatable bonds is 10. The summed E-state index contributed by atoms with van der Waals surface area (Å²) in [5, 5.41) is 14.1. The Morgan fingerprint density at radius 3 is 2.12 bits per heavy atom. The van der Waals surface area contributed by atoms with Crippen LogP contribution in [-0.4, -0.2) is 55.3 Å². The van der Waals surface area contributed by atoms with Crippen LogP contribution in [0.15, 0.2) is 48.5 Å². The Labute approximate surface area is 197 Å². The zero-order chi connectivity index (χ0) is 24.7. The highest BCUT2D eigenvalue weighted by Gasteiger charge is 2.30. The van der Waals surface area contributed by atoms with Crippen LogP contribution >= 0.6 is 0 Å². The van der Waals surface area contributed by atoms with Crippen LogP contribution in [0.4, 0.5) is 4.79 Å². The second-order valence-corrected chi connectivity index (χ2v) is 7.99. The van der Waals surface area contributed by atoms with E-state index in [2.05, 4.69) is 15.4 Å². The molecular formula is C25H28N2O7. The van der Waals surface area contributed by atoms with Crippen molar-refractivity contribution in [1.82, 2.24) is 10.6 Å². The highest BCUT2D eigenvalue weighted by atomic mass is 16.5. The molecule has 0 aliphatic heterocycles. The molecule has 1 aliphatic rings. The predicted molar refractivity (Wildman–Crippen MR) is 123 cm³/mol. The van der Waals surface area contributed by atoms with Crippen LogP contribution in [0.5, 0.6) is 0 Å². The summed E-state index contributed by atoms with van der Waals surface area (Å²) >= 11 is 0. The molecule has 2 aromatic rings. The number of carboxylic acid groups (broad SMARTS) is 1. The van der Waals surface area contributed by atoms with Gasteiger partial charge in [-0.25, -0.2) is 9.59 Å². The Balaban J connectivity index is 1.54. The van der Waals surface area contributed by atoms with Gasteiger partial charge >= 0.3 is 18.0 Å². The summed E-state index contributed by atoms with van der Waals surface area (Å²) < 4.78 is 9.93. The van der Waals surface area contributed by atoms with E-state index < -0.39 is 42.3 Å². The maximum atomic E-state index is 12.5. The fourth-order valence-corrected chi connectivity index (χ4v) is 4.02. The molecule has 1 aliphatic carbocycles. The van der Waals surface area contributed by atoms with Gasteiger partial charge in [0.05, 0.1) is 19.4 Å². The lowest BCUT2D eigenvalue weighted by Gasteiger charge is -2.20. The summed E-state index contributed by atoms with van der Waals surface area (Å²) in [6, 6.07) is 14.6. The molecule has 3 rings (SSSR count). The lowest BCUT2D eigenvalue weighted by molar-refractivity contribution is -0.149. The first-order valence-corrected chi connectivity index (χ1v) is 11.0. The maximum absolute atomic E-state index is 12.5. The molecule has 3 N–H and O–H groups in total. The molecule has 2 amide bonds. The fraction of sp³-hybridized carbons (Fsp3) is 0.360. The van der Waals surface area contributed by atoms with Crippen molar-refractivity contribution in [3.8, 4) is 11.1 Å². The predicted octanol–water partition coefficient (Wildman–Crippen LogP) is 2.68. The first-order chi connectivity index (χ1) is 16.3. The Bertz CT molecular complexity index is 1020. The fourth-order valence-electron chi connectivity index (χ4n) is 4.02. The van der Waals surface area contributed by atoms with Crippen molar-refractivity contribution in [3.63, 3.8) is 0 Å². The third-order valence-electron chi connectivity index (χ3n) is 5.91. The Morgan fingerprint density at radius 1 is 1.00 bits per heavy atom. The lowest BCUT2D eigenvalue weighted by atomic mass is 9.98. The van der Waals surface area contributed by atoms with Crippen LogP contribution in [0.2, 0.25) is 0 Å². The largest absolute Gasteiger partial charge is 0.480 e. The van der Waals surface area contributed by atoms with Gasteiger partial charge in [-0.2, -0.15) is 0 Å². The van der Waals surface area contributed by atoms with Crippen molar-refractivity contribution in [2.75, 3.05) is 20.3 Å². The van der Waals surface area contributed by atoms with Gasteiger partial charge in [-0.05, 0) is 28.7 Å². The van der Waals surface area contributed by atoms with Gasteiger partial charge in [-0.15, -0.1) is 0 Å². The van der Waals surface area contributed by atoms with E-state index in [0.29, 0.717) is 6.42 Å². The van der Waals surface area contributed by atoms with E-state index in [0.717, 1.165) is 29.4 Å². The van der Waals surface area contributed by atoms with Gasteiger partial charge < -0.3 is 25.2 Å². The van der Waals surface area contributed by atoms with E-state index in [1.807, 2.05) is 48.5 Å². The van der Waals surface area contributed by atoms with E-state index in [-0.39, 0.29) is 19.1 Å². The molecule has 9 nitrogen and oxygen atoms in total. The number of carbonyl (C=O) groups is 4. The number of aliphatic carboxylic acids is 1. The average molecular weight is 469 g/mol. The molecule has 0 fully saturated rings. The number of methoxy groups -OCH3 is 1. The van der Waals surface area contributed by atoms with E-state index in [1.165, 1.54) is 0 Å². The molecule has 1 unspecified atom stereocenters. The van der Waals surface area contributed by atoms with Crippen molar-refractivity contribution >= 4 is 23.9 Å². The molecule has 0 saturated heterocycles. The van der Waals surface area contributed by atoms with Crippen molar-refractivity contribution in [2.45, 2.75) is 31.7 Å². The molecule has 0 saturated carbocycles. The summed E-state index contributed by atoms with van der Waals surface area (Å²) in [5.41, 5.74) is 4.42. The number of nitrogens with one attached hydrogen (secondary N) is 2. The summed E-state index contributed by atoms with van der Waals surface area (Å²) in [7, 11) is 1.14. The zero-order valence-corrected chi connectivity index (χ0v) is 19.1. The van der Waals surface area contributed by atoms with Crippen molar-refractivity contribution in [2.24, 2.45) is 5.92 Å². The van der Waals surface area contributed by atoms with E-state index >= 15 is 0 Å². The lowest BCUT2D eigenvalue weighted by Crippen LogP contribution is -2.47. The molecule has 0 bridgehead atoms. The molecule has 0 spiro atoms. The van der Waals surface area contributed by atoms with Crippen molar-refractivity contribution in [1.29, 1.82) is 0 Å². The SMILES string of the molecule is CCC(CNC(=O)OCC1c2ccccc2-c2ccccc21)C(=O)N[C@H](CC(=O)OC)C(=O)O. The topological polar surface area (TPSA) is 131 Å². The minimum absolute atomic E-state index is 0.0381. The van der Waals surface area contributed by atoms with E-state index in [1.54, 1.807) is 6.92 Å². The first-order valence-electron chi connectivity index (χ1n) is 11.0. The molecule has 2 aromatic carbocycles. The Kier molecular flexibility index (Phi) is 8.24. The Hall–Kier alpha value is -3.88. The number of ether oxygens (including phenoxy) is 2. The molecule has 34 heavy (non-hydrogen) atoms. The number of benzene rings is 2. The molecular weight excluding hydrogens is 440 g/mol. The quantitative estimate of drug-likeness (QED) is 0.457. The first kappa shape index (κ1) is 24.8. The van der Waals surface area contributed by atoms with Gasteiger partial charge in [-0.3, -0.25) is 9.59 Å². The second kappa shape index (κ2) is 11.3. The van der Waals surface area contributed by atoms with Gasteiger partial charge in [0.25, 0.3) is 0 Å². The summed E-state index contributed by atoms with van der Waals surface area (Å²) in [6.07, 6.45) is -0.814. The van der Waals surface area contributed by atoms with Crippen LogP contribution in [-0.2, 0) is 23.9 Å². The van der Waals surface area contributed by atoms with Crippen LogP contribution in [0.25, 0.3) is 11.1 Å². The monoisotopic (exact) mass is 468 g/mol. The standard InChI is InChI=1S/C25H28N2O7/c1-3-15(23(29)27-21(24(30)31)12-22(28)33-2)13-26-25(32)34-14-20-18-10-6-4-8-16(18)17-9-5-7-11-19(17)20/h4-11,15,20-21H,3,12-14H2,1-2H3,(H,26,32)(H,27,29)(H,30,31)/t15?,21-/m1/s1. The van der Waals surface area contributed by atoms with Crippen molar-refractivity contribution < 1.29 is 33.8 Å². The molecule has 180 valence electrons. The number of carboxylic acids is 1. The summed E-state index contributed by atoms with van der Waals surface area (Å²) in [4.78, 5) is 47.6. The van der Waals surface area contributed by atoms with E-state index in [4.69, 9.17) is 4.74 Å². The highest BCUT2D eigenvalue weighted by Crippen LogP contribution is 2.44. The molecule has 9 heteroatoms. The van der Waals surface area contributed by atoms with E-state index in [9.17, 15) is 24.3 Å². The van der Waals surface area contributed by atoms with Gasteiger partial charge in [0.15, 0.2) is 0 Å². The number of carbonyl (C=O) groups excluding carboxylic acids is 3. The molecule has 0 aromatic heterocycles. The van der Waals surface area contributed by atoms with Crippen LogP contribution < -0.4 is 10.6 Å². The zero-order valence-electron chi connectivity index (χ0n) is 19.1. The average Bonchev–Trinajstić information content (AvgIpc) is 3.16.